The minimum absolute atomic E-state index is 0.123. The lowest BCUT2D eigenvalue weighted by atomic mass is 9.78. The summed E-state index contributed by atoms with van der Waals surface area (Å²) in [6, 6.07) is 0.847. The maximum absolute atomic E-state index is 12.6. The first-order valence-corrected chi connectivity index (χ1v) is 8.19. The second-order valence-corrected chi connectivity index (χ2v) is 6.97. The molecule has 1 aliphatic heterocycles. The topological polar surface area (TPSA) is 49.6 Å². The number of carbonyl (C=O) groups excluding carboxylic acids is 1. The Bertz CT molecular complexity index is 334. The lowest BCUT2D eigenvalue weighted by molar-refractivity contribution is -0.136. The largest absolute Gasteiger partial charge is 0.344 e. The molecule has 2 N–H and O–H groups in total. The maximum Gasteiger partial charge on any atom is 0.225 e. The van der Waals surface area contributed by atoms with E-state index < -0.39 is 0 Å². The average molecular weight is 281 g/mol. The van der Waals surface area contributed by atoms with Gasteiger partial charge in [0.15, 0.2) is 0 Å². The molecule has 1 aliphatic carbocycles. The van der Waals surface area contributed by atoms with Crippen molar-refractivity contribution in [3.63, 3.8) is 0 Å². The first kappa shape index (κ1) is 15.8. The molecule has 2 rings (SSSR count). The Hall–Kier alpha value is -0.610. The number of amides is 1. The summed E-state index contributed by atoms with van der Waals surface area (Å²) >= 11 is 0. The van der Waals surface area contributed by atoms with Crippen LogP contribution in [0.1, 0.15) is 45.4 Å². The van der Waals surface area contributed by atoms with Gasteiger partial charge in [0.1, 0.15) is 0 Å². The van der Waals surface area contributed by atoms with Gasteiger partial charge in [-0.25, -0.2) is 0 Å². The zero-order chi connectivity index (χ0) is 14.7. The summed E-state index contributed by atoms with van der Waals surface area (Å²) in [5.74, 6) is 0.914. The number of hydrogen-bond donors (Lipinski definition) is 1. The van der Waals surface area contributed by atoms with Crippen molar-refractivity contribution in [1.82, 2.24) is 9.80 Å². The van der Waals surface area contributed by atoms with Crippen molar-refractivity contribution in [3.05, 3.63) is 0 Å². The Morgan fingerprint density at radius 1 is 1.35 bits per heavy atom. The summed E-state index contributed by atoms with van der Waals surface area (Å²) in [5, 5.41) is 0. The number of hydrogen-bond acceptors (Lipinski definition) is 3. The van der Waals surface area contributed by atoms with Crippen molar-refractivity contribution in [2.24, 2.45) is 17.6 Å². The second-order valence-electron chi connectivity index (χ2n) is 6.97. The molecule has 4 atom stereocenters. The molecule has 20 heavy (non-hydrogen) atoms. The number of likely N-dealkylation sites (tertiary alicyclic amines) is 1. The van der Waals surface area contributed by atoms with Crippen molar-refractivity contribution >= 4 is 5.91 Å². The molecule has 2 fully saturated rings. The van der Waals surface area contributed by atoms with Crippen molar-refractivity contribution in [2.75, 3.05) is 27.2 Å². The smallest absolute Gasteiger partial charge is 0.225 e. The highest BCUT2D eigenvalue weighted by molar-refractivity contribution is 5.78. The van der Waals surface area contributed by atoms with Crippen molar-refractivity contribution in [3.8, 4) is 0 Å². The van der Waals surface area contributed by atoms with Gasteiger partial charge < -0.3 is 15.5 Å². The van der Waals surface area contributed by atoms with Gasteiger partial charge in [0.05, 0.1) is 0 Å². The van der Waals surface area contributed by atoms with Crippen LogP contribution in [-0.4, -0.2) is 55.0 Å². The van der Waals surface area contributed by atoms with E-state index in [1.54, 1.807) is 0 Å². The molecule has 4 unspecified atom stereocenters. The highest BCUT2D eigenvalue weighted by Crippen LogP contribution is 2.30. The minimum atomic E-state index is 0.123. The van der Waals surface area contributed by atoms with Crippen LogP contribution in [-0.2, 0) is 4.79 Å². The molecule has 2 aliphatic rings. The van der Waals surface area contributed by atoms with E-state index in [4.69, 9.17) is 5.73 Å². The van der Waals surface area contributed by atoms with E-state index in [1.165, 1.54) is 25.8 Å². The quantitative estimate of drug-likeness (QED) is 0.853. The lowest BCUT2D eigenvalue weighted by Gasteiger charge is -2.34. The predicted octanol–water partition coefficient (Wildman–Crippen LogP) is 1.69. The van der Waals surface area contributed by atoms with E-state index in [2.05, 4.69) is 18.9 Å². The van der Waals surface area contributed by atoms with Crippen LogP contribution in [0, 0.1) is 11.8 Å². The highest BCUT2D eigenvalue weighted by atomic mass is 16.2. The fraction of sp³-hybridized carbons (Fsp3) is 0.938. The zero-order valence-corrected chi connectivity index (χ0v) is 13.3. The fourth-order valence-electron chi connectivity index (χ4n) is 3.89. The molecule has 0 bridgehead atoms. The van der Waals surface area contributed by atoms with E-state index in [9.17, 15) is 4.79 Å². The number of carbonyl (C=O) groups is 1. The molecular weight excluding hydrogens is 250 g/mol. The van der Waals surface area contributed by atoms with E-state index in [1.807, 2.05) is 11.9 Å². The number of nitrogens with zero attached hydrogens (tertiary/aromatic N) is 2. The number of likely N-dealkylation sites (N-methyl/N-ethyl adjacent to an activating group) is 2. The van der Waals surface area contributed by atoms with Crippen molar-refractivity contribution < 1.29 is 4.79 Å². The Labute approximate surface area is 123 Å². The first-order chi connectivity index (χ1) is 9.49. The van der Waals surface area contributed by atoms with Crippen molar-refractivity contribution in [1.29, 1.82) is 0 Å². The molecule has 1 heterocycles. The second kappa shape index (κ2) is 6.90. The summed E-state index contributed by atoms with van der Waals surface area (Å²) in [6.07, 6.45) is 6.97. The van der Waals surface area contributed by atoms with E-state index in [-0.39, 0.29) is 5.92 Å². The summed E-state index contributed by atoms with van der Waals surface area (Å²) in [7, 11) is 4.13. The SMILES string of the molecule is CC(C(=O)N(C)CC1CCCN1C)C1CCCC(N)C1. The van der Waals surface area contributed by atoms with Gasteiger partial charge in [0.2, 0.25) is 5.91 Å². The van der Waals surface area contributed by atoms with Crippen LogP contribution < -0.4 is 5.73 Å². The van der Waals surface area contributed by atoms with Crippen LogP contribution >= 0.6 is 0 Å². The normalized spacial score (nSPS) is 33.1. The van der Waals surface area contributed by atoms with Gasteiger partial charge >= 0.3 is 0 Å². The fourth-order valence-corrected chi connectivity index (χ4v) is 3.89. The van der Waals surface area contributed by atoms with Gasteiger partial charge in [-0.3, -0.25) is 4.79 Å². The Balaban J connectivity index is 1.85. The number of nitrogens with two attached hydrogens (primary N) is 1. The molecule has 0 aromatic rings. The highest BCUT2D eigenvalue weighted by Gasteiger charge is 2.31. The average Bonchev–Trinajstić information content (AvgIpc) is 2.82. The molecule has 1 saturated carbocycles. The third-order valence-corrected chi connectivity index (χ3v) is 5.38. The van der Waals surface area contributed by atoms with Crippen LogP contribution in [0.15, 0.2) is 0 Å². The molecule has 4 nitrogen and oxygen atoms in total. The Morgan fingerprint density at radius 3 is 2.70 bits per heavy atom. The van der Waals surface area contributed by atoms with Gasteiger partial charge in [-0.05, 0) is 51.6 Å². The summed E-state index contributed by atoms with van der Waals surface area (Å²) in [4.78, 5) is 16.9. The van der Waals surface area contributed by atoms with Crippen LogP contribution in [0.25, 0.3) is 0 Å². The molecule has 1 saturated heterocycles. The molecule has 4 heteroatoms. The van der Waals surface area contributed by atoms with Gasteiger partial charge in [-0.2, -0.15) is 0 Å². The van der Waals surface area contributed by atoms with Gasteiger partial charge in [0.25, 0.3) is 0 Å². The number of rotatable bonds is 4. The summed E-state index contributed by atoms with van der Waals surface area (Å²) in [5.41, 5.74) is 6.06. The Morgan fingerprint density at radius 2 is 2.10 bits per heavy atom. The van der Waals surface area contributed by atoms with Crippen LogP contribution in [0.5, 0.6) is 0 Å². The van der Waals surface area contributed by atoms with E-state index in [0.717, 1.165) is 25.8 Å². The minimum Gasteiger partial charge on any atom is -0.344 e. The monoisotopic (exact) mass is 281 g/mol. The molecule has 116 valence electrons. The van der Waals surface area contributed by atoms with Crippen LogP contribution in [0.4, 0.5) is 0 Å². The Kier molecular flexibility index (Phi) is 5.44. The maximum atomic E-state index is 12.6. The van der Waals surface area contributed by atoms with Crippen molar-refractivity contribution in [2.45, 2.75) is 57.5 Å². The third kappa shape index (κ3) is 3.73. The van der Waals surface area contributed by atoms with Crippen LogP contribution in [0.2, 0.25) is 0 Å². The third-order valence-electron chi connectivity index (χ3n) is 5.38. The molecule has 0 aromatic carbocycles. The summed E-state index contributed by atoms with van der Waals surface area (Å²) < 4.78 is 0. The molecule has 0 aromatic heterocycles. The predicted molar refractivity (Wildman–Crippen MR) is 82.4 cm³/mol. The van der Waals surface area contributed by atoms with Gasteiger partial charge in [0, 0.05) is 31.6 Å². The molecule has 1 amide bonds. The van der Waals surface area contributed by atoms with E-state index >= 15 is 0 Å². The van der Waals surface area contributed by atoms with Crippen LogP contribution in [0.3, 0.4) is 0 Å². The summed E-state index contributed by atoms with van der Waals surface area (Å²) in [6.45, 7) is 4.14. The molecule has 0 radical (unpaired) electrons. The first-order valence-electron chi connectivity index (χ1n) is 8.19. The lowest BCUT2D eigenvalue weighted by Crippen LogP contribution is -2.44. The van der Waals surface area contributed by atoms with Gasteiger partial charge in [-0.15, -0.1) is 0 Å². The molecular formula is C16H31N3O. The zero-order valence-electron chi connectivity index (χ0n) is 13.3. The van der Waals surface area contributed by atoms with Gasteiger partial charge in [-0.1, -0.05) is 13.3 Å². The molecule has 0 spiro atoms. The van der Waals surface area contributed by atoms with E-state index in [0.29, 0.717) is 23.9 Å². The standard InChI is InChI=1S/C16H31N3O/c1-12(13-6-4-7-14(17)10-13)16(20)19(3)11-15-8-5-9-18(15)2/h12-15H,4-11,17H2,1-3H3.